The predicted molar refractivity (Wildman–Crippen MR) is 109 cm³/mol. The van der Waals surface area contributed by atoms with E-state index >= 15 is 0 Å². The summed E-state index contributed by atoms with van der Waals surface area (Å²) in [4.78, 5) is 26.5. The Balaban J connectivity index is 1.96. The van der Waals surface area contributed by atoms with Crippen molar-refractivity contribution >= 4 is 29.5 Å². The van der Waals surface area contributed by atoms with Crippen molar-refractivity contribution in [3.05, 3.63) is 63.9 Å². The van der Waals surface area contributed by atoms with Crippen LogP contribution in [-0.4, -0.2) is 37.0 Å². The van der Waals surface area contributed by atoms with E-state index < -0.39 is 11.8 Å². The Labute approximate surface area is 173 Å². The van der Waals surface area contributed by atoms with Gasteiger partial charge in [0.25, 0.3) is 11.8 Å². The zero-order valence-electron chi connectivity index (χ0n) is 16.1. The van der Waals surface area contributed by atoms with Crippen molar-refractivity contribution in [2.45, 2.75) is 13.3 Å². The summed E-state index contributed by atoms with van der Waals surface area (Å²) in [5, 5.41) is 10.0. The molecule has 2 heterocycles. The molecule has 0 unspecified atom stereocenters. The van der Waals surface area contributed by atoms with Crippen LogP contribution in [0.3, 0.4) is 0 Å². The minimum atomic E-state index is -0.581. The number of imide groups is 1. The van der Waals surface area contributed by atoms with Gasteiger partial charge in [-0.05, 0) is 49.3 Å². The predicted octanol–water partition coefficient (Wildman–Crippen LogP) is 4.23. The molecule has 6 nitrogen and oxygen atoms in total. The summed E-state index contributed by atoms with van der Waals surface area (Å²) >= 11 is 6.03. The molecule has 1 aromatic heterocycles. The maximum atomic E-state index is 12.9. The van der Waals surface area contributed by atoms with E-state index in [9.17, 15) is 14.9 Å². The number of nitrogens with zero attached hydrogens (tertiary/aromatic N) is 2. The lowest BCUT2D eigenvalue weighted by atomic mass is 9.94. The lowest BCUT2D eigenvalue weighted by molar-refractivity contribution is -0.140. The fourth-order valence-electron chi connectivity index (χ4n) is 3.07. The van der Waals surface area contributed by atoms with Gasteiger partial charge in [0, 0.05) is 36.4 Å². The van der Waals surface area contributed by atoms with Gasteiger partial charge in [-0.1, -0.05) is 23.7 Å². The number of halogens is 1. The SMILES string of the molecule is COCCCN1C(=O)C(C#N)=C(C)/C(=C\c2ccc(-c3cccc(Cl)c3)o2)C1=O. The van der Waals surface area contributed by atoms with Crippen molar-refractivity contribution in [3.8, 4) is 17.4 Å². The van der Waals surface area contributed by atoms with Gasteiger partial charge in [0.2, 0.25) is 0 Å². The number of nitriles is 1. The molecule has 0 atom stereocenters. The van der Waals surface area contributed by atoms with Gasteiger partial charge in [-0.2, -0.15) is 5.26 Å². The first-order valence-electron chi connectivity index (χ1n) is 9.00. The number of rotatable bonds is 6. The number of hydrogen-bond donors (Lipinski definition) is 0. The summed E-state index contributed by atoms with van der Waals surface area (Å²) in [6, 6.07) is 12.6. The number of furan rings is 1. The summed E-state index contributed by atoms with van der Waals surface area (Å²) in [7, 11) is 1.55. The zero-order chi connectivity index (χ0) is 21.0. The molecule has 3 rings (SSSR count). The average Bonchev–Trinajstić information content (AvgIpc) is 3.17. The second-order valence-electron chi connectivity index (χ2n) is 6.49. The van der Waals surface area contributed by atoms with E-state index in [0.29, 0.717) is 35.1 Å². The molecule has 29 heavy (non-hydrogen) atoms. The van der Waals surface area contributed by atoms with E-state index in [0.717, 1.165) is 10.5 Å². The summed E-state index contributed by atoms with van der Waals surface area (Å²) in [5.74, 6) is -0.00504. The third kappa shape index (κ3) is 4.32. The van der Waals surface area contributed by atoms with E-state index in [1.54, 1.807) is 44.4 Å². The van der Waals surface area contributed by atoms with Gasteiger partial charge in [0.05, 0.1) is 0 Å². The highest BCUT2D eigenvalue weighted by Gasteiger charge is 2.35. The number of benzene rings is 1. The minimum Gasteiger partial charge on any atom is -0.457 e. The van der Waals surface area contributed by atoms with E-state index in [2.05, 4.69) is 0 Å². The summed E-state index contributed by atoms with van der Waals surface area (Å²) in [6.45, 7) is 2.17. The average molecular weight is 411 g/mol. The van der Waals surface area contributed by atoms with E-state index in [4.69, 9.17) is 20.8 Å². The first kappa shape index (κ1) is 20.6. The van der Waals surface area contributed by atoms with Crippen molar-refractivity contribution < 1.29 is 18.7 Å². The quantitative estimate of drug-likeness (QED) is 0.404. The first-order chi connectivity index (χ1) is 14.0. The largest absolute Gasteiger partial charge is 0.457 e. The standard InChI is InChI=1S/C22H19ClN2O4/c1-14-18(21(26)25(9-4-10-28-2)22(27)19(14)13-24)12-17-7-8-20(29-17)15-5-3-6-16(23)11-15/h3,5-8,11-12H,4,9-10H2,1-2H3/b18-12+. The van der Waals surface area contributed by atoms with Crippen molar-refractivity contribution in [2.24, 2.45) is 0 Å². The van der Waals surface area contributed by atoms with Gasteiger partial charge in [0.1, 0.15) is 23.2 Å². The first-order valence-corrected chi connectivity index (χ1v) is 9.38. The van der Waals surface area contributed by atoms with E-state index in [1.807, 2.05) is 18.2 Å². The number of amides is 2. The molecule has 0 spiro atoms. The van der Waals surface area contributed by atoms with Gasteiger partial charge in [-0.25, -0.2) is 0 Å². The van der Waals surface area contributed by atoms with Crippen LogP contribution in [0.4, 0.5) is 0 Å². The Hall–Kier alpha value is -3.14. The Kier molecular flexibility index (Phi) is 6.32. The van der Waals surface area contributed by atoms with Gasteiger partial charge in [-0.3, -0.25) is 14.5 Å². The molecule has 0 saturated carbocycles. The summed E-state index contributed by atoms with van der Waals surface area (Å²) in [6.07, 6.45) is 2.04. The Bertz CT molecular complexity index is 1060. The molecule has 0 fully saturated rings. The molecular weight excluding hydrogens is 392 g/mol. The van der Waals surface area contributed by atoms with Crippen molar-refractivity contribution in [1.29, 1.82) is 5.26 Å². The number of ether oxygens (including phenoxy) is 1. The summed E-state index contributed by atoms with van der Waals surface area (Å²) in [5.41, 5.74) is 1.35. The molecule has 1 aliphatic rings. The number of carbonyl (C=O) groups excluding carboxylic acids is 2. The van der Waals surface area contributed by atoms with Crippen molar-refractivity contribution in [3.63, 3.8) is 0 Å². The second-order valence-corrected chi connectivity index (χ2v) is 6.93. The lowest BCUT2D eigenvalue weighted by Crippen LogP contribution is -2.43. The van der Waals surface area contributed by atoms with Crippen molar-refractivity contribution in [1.82, 2.24) is 4.90 Å². The normalized spacial score (nSPS) is 15.9. The molecule has 1 aliphatic heterocycles. The third-order valence-corrected chi connectivity index (χ3v) is 4.81. The second kappa shape index (κ2) is 8.91. The zero-order valence-corrected chi connectivity index (χ0v) is 16.8. The fourth-order valence-corrected chi connectivity index (χ4v) is 3.26. The van der Waals surface area contributed by atoms with E-state index in [-0.39, 0.29) is 17.7 Å². The molecule has 0 N–H and O–H groups in total. The number of methoxy groups -OCH3 is 1. The molecule has 2 aromatic rings. The minimum absolute atomic E-state index is 0.0464. The van der Waals surface area contributed by atoms with Crippen LogP contribution < -0.4 is 0 Å². The number of carbonyl (C=O) groups is 2. The van der Waals surface area contributed by atoms with Crippen LogP contribution >= 0.6 is 11.6 Å². The maximum Gasteiger partial charge on any atom is 0.271 e. The van der Waals surface area contributed by atoms with Crippen LogP contribution in [0.15, 0.2) is 57.5 Å². The Morgan fingerprint density at radius 2 is 2.03 bits per heavy atom. The van der Waals surface area contributed by atoms with Crippen LogP contribution in [0.5, 0.6) is 0 Å². The van der Waals surface area contributed by atoms with Crippen LogP contribution in [0.2, 0.25) is 5.02 Å². The topological polar surface area (TPSA) is 83.5 Å². The molecule has 1 aromatic carbocycles. The Morgan fingerprint density at radius 3 is 2.72 bits per heavy atom. The van der Waals surface area contributed by atoms with Crippen LogP contribution in [-0.2, 0) is 14.3 Å². The molecule has 7 heteroatoms. The number of hydrogen-bond acceptors (Lipinski definition) is 5. The highest BCUT2D eigenvalue weighted by Crippen LogP contribution is 2.30. The van der Waals surface area contributed by atoms with Gasteiger partial charge in [0.15, 0.2) is 0 Å². The molecule has 2 amide bonds. The summed E-state index contributed by atoms with van der Waals surface area (Å²) < 4.78 is 10.8. The monoisotopic (exact) mass is 410 g/mol. The van der Waals surface area contributed by atoms with E-state index in [1.165, 1.54) is 0 Å². The van der Waals surface area contributed by atoms with Crippen molar-refractivity contribution in [2.75, 3.05) is 20.3 Å². The molecule has 0 aliphatic carbocycles. The third-order valence-electron chi connectivity index (χ3n) is 4.58. The van der Waals surface area contributed by atoms with Gasteiger partial charge < -0.3 is 9.15 Å². The molecule has 0 radical (unpaired) electrons. The van der Waals surface area contributed by atoms with Crippen LogP contribution in [0.1, 0.15) is 19.1 Å². The maximum absolute atomic E-state index is 12.9. The smallest absolute Gasteiger partial charge is 0.271 e. The lowest BCUT2D eigenvalue weighted by Gasteiger charge is -2.27. The van der Waals surface area contributed by atoms with Crippen LogP contribution in [0.25, 0.3) is 17.4 Å². The Morgan fingerprint density at radius 1 is 1.24 bits per heavy atom. The molecule has 0 saturated heterocycles. The fraction of sp³-hybridized carbons (Fsp3) is 0.227. The highest BCUT2D eigenvalue weighted by atomic mass is 35.5. The molecule has 0 bridgehead atoms. The van der Waals surface area contributed by atoms with Gasteiger partial charge in [-0.15, -0.1) is 0 Å². The highest BCUT2D eigenvalue weighted by molar-refractivity contribution is 6.30. The van der Waals surface area contributed by atoms with Crippen LogP contribution in [0, 0.1) is 11.3 Å². The van der Waals surface area contributed by atoms with Gasteiger partial charge >= 0.3 is 0 Å². The molecule has 148 valence electrons. The molecular formula is C22H19ClN2O4.